The van der Waals surface area contributed by atoms with E-state index in [1.54, 1.807) is 16.9 Å². The summed E-state index contributed by atoms with van der Waals surface area (Å²) in [7, 11) is 1.61. The maximum Gasteiger partial charge on any atom is 0.326 e. The molecule has 3 amide bonds. The molecule has 5 rings (SSSR count). The Bertz CT molecular complexity index is 1500. The quantitative estimate of drug-likeness (QED) is 0.436. The SMILES string of the molecule is COc1ccc(C2=N[C@@H](c3ccc(C)c(C)c3)[C@@H](c3cccc(C)c3)N2C(=O)N2CCNC(=O)C2)c(OC(C)C)c1. The number of benzene rings is 3. The lowest BCUT2D eigenvalue weighted by Crippen LogP contribution is -2.55. The van der Waals surface area contributed by atoms with Crippen LogP contribution in [0.15, 0.2) is 65.7 Å². The molecule has 8 nitrogen and oxygen atoms in total. The topological polar surface area (TPSA) is 83.5 Å². The zero-order chi connectivity index (χ0) is 29.3. The van der Waals surface area contributed by atoms with Gasteiger partial charge in [-0.05, 0) is 69.0 Å². The molecule has 0 bridgehead atoms. The van der Waals surface area contributed by atoms with Crippen molar-refractivity contribution < 1.29 is 19.1 Å². The van der Waals surface area contributed by atoms with Crippen LogP contribution < -0.4 is 14.8 Å². The molecule has 2 aliphatic heterocycles. The Hall–Kier alpha value is -4.33. The van der Waals surface area contributed by atoms with Crippen molar-refractivity contribution in [3.63, 3.8) is 0 Å². The first-order chi connectivity index (χ1) is 19.7. The van der Waals surface area contributed by atoms with Crippen LogP contribution in [0.25, 0.3) is 0 Å². The summed E-state index contributed by atoms with van der Waals surface area (Å²) in [4.78, 5) is 35.5. The third-order valence-electron chi connectivity index (χ3n) is 7.63. The van der Waals surface area contributed by atoms with Crippen molar-refractivity contribution in [1.82, 2.24) is 15.1 Å². The normalized spacial score (nSPS) is 18.8. The molecule has 3 aromatic rings. The number of ether oxygens (including phenoxy) is 2. The number of piperazine rings is 1. The van der Waals surface area contributed by atoms with E-state index >= 15 is 0 Å². The number of hydrogen-bond donors (Lipinski definition) is 1. The van der Waals surface area contributed by atoms with Crippen LogP contribution in [-0.2, 0) is 4.79 Å². The van der Waals surface area contributed by atoms with Gasteiger partial charge >= 0.3 is 6.03 Å². The first kappa shape index (κ1) is 28.2. The Kier molecular flexibility index (Phi) is 8.01. The molecule has 2 atom stereocenters. The minimum absolute atomic E-state index is 0.00454. The lowest BCUT2D eigenvalue weighted by Gasteiger charge is -2.36. The van der Waals surface area contributed by atoms with E-state index in [0.29, 0.717) is 36.0 Å². The molecule has 0 aromatic heterocycles. The van der Waals surface area contributed by atoms with Crippen molar-refractivity contribution in [2.24, 2.45) is 4.99 Å². The molecule has 1 fully saturated rings. The van der Waals surface area contributed by atoms with Gasteiger partial charge in [0.2, 0.25) is 5.91 Å². The van der Waals surface area contributed by atoms with Crippen LogP contribution in [0.3, 0.4) is 0 Å². The molecular formula is C33H38N4O4. The molecule has 0 aliphatic carbocycles. The summed E-state index contributed by atoms with van der Waals surface area (Å²) in [5, 5.41) is 2.82. The van der Waals surface area contributed by atoms with Crippen LogP contribution >= 0.6 is 0 Å². The van der Waals surface area contributed by atoms with E-state index in [-0.39, 0.29) is 30.6 Å². The summed E-state index contributed by atoms with van der Waals surface area (Å²) >= 11 is 0. The average molecular weight is 555 g/mol. The second kappa shape index (κ2) is 11.6. The van der Waals surface area contributed by atoms with Crippen LogP contribution in [0.2, 0.25) is 0 Å². The molecule has 2 heterocycles. The molecule has 2 aliphatic rings. The zero-order valence-corrected chi connectivity index (χ0v) is 24.6. The predicted octanol–water partition coefficient (Wildman–Crippen LogP) is 5.50. The molecule has 0 spiro atoms. The molecule has 1 N–H and O–H groups in total. The second-order valence-electron chi connectivity index (χ2n) is 11.1. The van der Waals surface area contributed by atoms with Gasteiger partial charge in [-0.25, -0.2) is 4.79 Å². The van der Waals surface area contributed by atoms with Gasteiger partial charge in [-0.2, -0.15) is 0 Å². The Morgan fingerprint density at radius 3 is 2.49 bits per heavy atom. The van der Waals surface area contributed by atoms with Gasteiger partial charge in [0, 0.05) is 19.2 Å². The van der Waals surface area contributed by atoms with Crippen molar-refractivity contribution >= 4 is 17.8 Å². The highest BCUT2D eigenvalue weighted by molar-refractivity contribution is 6.11. The number of amidine groups is 1. The van der Waals surface area contributed by atoms with E-state index in [2.05, 4.69) is 43.4 Å². The summed E-state index contributed by atoms with van der Waals surface area (Å²) in [6.45, 7) is 11.0. The minimum Gasteiger partial charge on any atom is -0.497 e. The second-order valence-corrected chi connectivity index (χ2v) is 11.1. The number of nitrogens with zero attached hydrogens (tertiary/aromatic N) is 3. The van der Waals surface area contributed by atoms with Gasteiger partial charge in [0.05, 0.1) is 24.8 Å². The number of nitrogens with one attached hydrogen (secondary N) is 1. The number of carbonyl (C=O) groups excluding carboxylic acids is 2. The van der Waals surface area contributed by atoms with Crippen molar-refractivity contribution in [3.05, 3.63) is 94.0 Å². The fraction of sp³-hybridized carbons (Fsp3) is 0.364. The molecule has 214 valence electrons. The van der Waals surface area contributed by atoms with Crippen molar-refractivity contribution in [1.29, 1.82) is 0 Å². The molecule has 41 heavy (non-hydrogen) atoms. The van der Waals surface area contributed by atoms with E-state index < -0.39 is 6.04 Å². The van der Waals surface area contributed by atoms with Crippen molar-refractivity contribution in [2.75, 3.05) is 26.7 Å². The Morgan fingerprint density at radius 1 is 1.00 bits per heavy atom. The van der Waals surface area contributed by atoms with E-state index in [1.165, 1.54) is 5.56 Å². The van der Waals surface area contributed by atoms with Gasteiger partial charge < -0.3 is 19.7 Å². The Labute approximate surface area is 242 Å². The van der Waals surface area contributed by atoms with Crippen LogP contribution in [0.4, 0.5) is 4.79 Å². The molecule has 3 aromatic carbocycles. The maximum atomic E-state index is 14.5. The van der Waals surface area contributed by atoms with Gasteiger partial charge in [-0.1, -0.05) is 48.0 Å². The third kappa shape index (κ3) is 5.78. The smallest absolute Gasteiger partial charge is 0.326 e. The van der Waals surface area contributed by atoms with E-state index in [1.807, 2.05) is 57.2 Å². The molecule has 0 unspecified atom stereocenters. The van der Waals surface area contributed by atoms with Gasteiger partial charge in [0.25, 0.3) is 0 Å². The minimum atomic E-state index is -0.432. The maximum absolute atomic E-state index is 14.5. The van der Waals surface area contributed by atoms with Crippen LogP contribution in [0.1, 0.15) is 59.3 Å². The molecular weight excluding hydrogens is 516 g/mol. The number of aliphatic imine (C=N–C) groups is 1. The van der Waals surface area contributed by atoms with E-state index in [4.69, 9.17) is 14.5 Å². The van der Waals surface area contributed by atoms with Crippen LogP contribution in [0.5, 0.6) is 11.5 Å². The number of methoxy groups -OCH3 is 1. The van der Waals surface area contributed by atoms with Crippen LogP contribution in [-0.4, -0.2) is 60.4 Å². The summed E-state index contributed by atoms with van der Waals surface area (Å²) in [5.41, 5.74) is 6.13. The summed E-state index contributed by atoms with van der Waals surface area (Å²) in [6.07, 6.45) is -0.110. The number of urea groups is 1. The third-order valence-corrected chi connectivity index (χ3v) is 7.63. The number of rotatable bonds is 6. The van der Waals surface area contributed by atoms with Gasteiger partial charge in [0.15, 0.2) is 0 Å². The summed E-state index contributed by atoms with van der Waals surface area (Å²) < 4.78 is 11.8. The first-order valence-electron chi connectivity index (χ1n) is 14.1. The van der Waals surface area contributed by atoms with E-state index in [0.717, 1.165) is 22.3 Å². The van der Waals surface area contributed by atoms with E-state index in [9.17, 15) is 9.59 Å². The summed E-state index contributed by atoms with van der Waals surface area (Å²) in [5.74, 6) is 1.56. The number of amides is 3. The summed E-state index contributed by atoms with van der Waals surface area (Å²) in [6, 6.07) is 19.1. The number of hydrogen-bond acceptors (Lipinski definition) is 5. The molecule has 0 radical (unpaired) electrons. The highest BCUT2D eigenvalue weighted by atomic mass is 16.5. The highest BCUT2D eigenvalue weighted by Crippen LogP contribution is 2.46. The average Bonchev–Trinajstić information content (AvgIpc) is 3.34. The fourth-order valence-electron chi connectivity index (χ4n) is 5.46. The molecule has 0 saturated carbocycles. The first-order valence-corrected chi connectivity index (χ1v) is 14.1. The predicted molar refractivity (Wildman–Crippen MR) is 160 cm³/mol. The van der Waals surface area contributed by atoms with Crippen molar-refractivity contribution in [2.45, 2.75) is 52.8 Å². The van der Waals surface area contributed by atoms with Gasteiger partial charge in [0.1, 0.15) is 29.9 Å². The number of aryl methyl sites for hydroxylation is 3. The largest absolute Gasteiger partial charge is 0.497 e. The number of carbonyl (C=O) groups is 2. The lowest BCUT2D eigenvalue weighted by molar-refractivity contribution is -0.123. The van der Waals surface area contributed by atoms with Gasteiger partial charge in [-0.15, -0.1) is 0 Å². The van der Waals surface area contributed by atoms with Crippen molar-refractivity contribution in [3.8, 4) is 11.5 Å². The standard InChI is InChI=1S/C33H38N4O4/c1-20(2)41-28-18-26(40-6)12-13-27(28)32-35-30(24-11-10-22(4)23(5)17-24)31(25-9-7-8-21(3)16-25)37(32)33(39)36-15-14-34-29(38)19-36/h7-13,16-18,20,30-31H,14-15,19H2,1-6H3,(H,34,38)/t30-,31+/m0/s1. The lowest BCUT2D eigenvalue weighted by atomic mass is 9.91. The molecule has 1 saturated heterocycles. The van der Waals surface area contributed by atoms with Crippen LogP contribution in [0, 0.1) is 20.8 Å². The Balaban J connectivity index is 1.73. The fourth-order valence-corrected chi connectivity index (χ4v) is 5.46. The monoisotopic (exact) mass is 554 g/mol. The molecule has 8 heteroatoms. The highest BCUT2D eigenvalue weighted by Gasteiger charge is 2.45. The van der Waals surface area contributed by atoms with Gasteiger partial charge in [-0.3, -0.25) is 14.7 Å². The zero-order valence-electron chi connectivity index (χ0n) is 24.6. The Morgan fingerprint density at radius 2 is 1.80 bits per heavy atom.